The molecule has 0 saturated carbocycles. The molecule has 22 heavy (non-hydrogen) atoms. The Balaban J connectivity index is 1.84. The number of allylic oxidation sites excluding steroid dienone is 1. The van der Waals surface area contributed by atoms with Gasteiger partial charge in [0.05, 0.1) is 10.7 Å². The predicted molar refractivity (Wildman–Crippen MR) is 82.4 cm³/mol. The molecule has 0 amide bonds. The average Bonchev–Trinajstić information content (AvgIpc) is 2.92. The van der Waals surface area contributed by atoms with Gasteiger partial charge >= 0.3 is 0 Å². The first-order valence-corrected chi connectivity index (χ1v) is 7.21. The molecule has 0 fully saturated rings. The number of carbonyl (C=O) groups excluding carboxylic acids is 1. The molecule has 0 spiro atoms. The first-order chi connectivity index (χ1) is 10.6. The molecule has 112 valence electrons. The number of carbonyl (C=O) groups is 1. The van der Waals surface area contributed by atoms with Crippen molar-refractivity contribution in [1.82, 2.24) is 4.98 Å². The van der Waals surface area contributed by atoms with Gasteiger partial charge in [-0.2, -0.15) is 0 Å². The molecular formula is C17H13ClFNO2. The van der Waals surface area contributed by atoms with Crippen molar-refractivity contribution in [2.45, 2.75) is 12.8 Å². The summed E-state index contributed by atoms with van der Waals surface area (Å²) in [5.74, 6) is -0.754. The molecule has 0 aliphatic heterocycles. The Morgan fingerprint density at radius 2 is 2.18 bits per heavy atom. The van der Waals surface area contributed by atoms with Crippen LogP contribution in [0.3, 0.4) is 0 Å². The Morgan fingerprint density at radius 1 is 1.36 bits per heavy atom. The van der Waals surface area contributed by atoms with Crippen LogP contribution in [-0.2, 0) is 12.8 Å². The molecule has 1 aromatic carbocycles. The van der Waals surface area contributed by atoms with Crippen LogP contribution >= 0.6 is 11.6 Å². The van der Waals surface area contributed by atoms with E-state index in [2.05, 4.69) is 4.98 Å². The van der Waals surface area contributed by atoms with Gasteiger partial charge in [-0.1, -0.05) is 23.2 Å². The zero-order chi connectivity index (χ0) is 15.7. The van der Waals surface area contributed by atoms with E-state index in [1.54, 1.807) is 18.3 Å². The second-order valence-electron chi connectivity index (χ2n) is 5.21. The van der Waals surface area contributed by atoms with Crippen molar-refractivity contribution in [3.05, 3.63) is 69.3 Å². The fourth-order valence-electron chi connectivity index (χ4n) is 2.66. The zero-order valence-electron chi connectivity index (χ0n) is 11.6. The second kappa shape index (κ2) is 5.99. The van der Waals surface area contributed by atoms with Crippen LogP contribution in [0.25, 0.3) is 6.08 Å². The number of rotatable bonds is 4. The van der Waals surface area contributed by atoms with Gasteiger partial charge in [-0.25, -0.2) is 4.39 Å². The molecule has 5 heteroatoms. The van der Waals surface area contributed by atoms with Gasteiger partial charge in [-0.3, -0.25) is 9.78 Å². The number of Topliss-reactive ketones (excluding diaryl/α,β-unsaturated/α-hetero) is 1. The quantitative estimate of drug-likeness (QED) is 0.881. The molecule has 0 atom stereocenters. The summed E-state index contributed by atoms with van der Waals surface area (Å²) in [6, 6.07) is 6.35. The van der Waals surface area contributed by atoms with Gasteiger partial charge in [-0.05, 0) is 48.2 Å². The van der Waals surface area contributed by atoms with E-state index >= 15 is 0 Å². The standard InChI is InChI=1S/C17H13ClFNO2/c18-14-2-1-10(7-15(14)19)5-11-6-13-12(17(22)9-21)3-4-20-16(13)8-11/h1-4,7-8,21H,5-6,9H2. The number of hydrogen-bond donors (Lipinski definition) is 1. The summed E-state index contributed by atoms with van der Waals surface area (Å²) in [5, 5.41) is 9.14. The number of nitrogens with zero attached hydrogens (tertiary/aromatic N) is 1. The van der Waals surface area contributed by atoms with Crippen molar-refractivity contribution in [2.75, 3.05) is 6.61 Å². The third-order valence-corrected chi connectivity index (χ3v) is 4.00. The van der Waals surface area contributed by atoms with Crippen molar-refractivity contribution in [3.8, 4) is 0 Å². The summed E-state index contributed by atoms with van der Waals surface area (Å²) in [6.07, 6.45) is 4.62. The lowest BCUT2D eigenvalue weighted by atomic mass is 9.99. The molecular weight excluding hydrogens is 305 g/mol. The van der Waals surface area contributed by atoms with Crippen LogP contribution in [0.5, 0.6) is 0 Å². The zero-order valence-corrected chi connectivity index (χ0v) is 12.4. The average molecular weight is 318 g/mol. The number of halogens is 2. The van der Waals surface area contributed by atoms with Crippen molar-refractivity contribution in [2.24, 2.45) is 0 Å². The van der Waals surface area contributed by atoms with Crippen LogP contribution in [0.4, 0.5) is 4.39 Å². The molecule has 0 bridgehead atoms. The Labute approximate surface area is 132 Å². The lowest BCUT2D eigenvalue weighted by Gasteiger charge is -2.06. The maximum Gasteiger partial charge on any atom is 0.188 e. The fraction of sp³-hybridized carbons (Fsp3) is 0.176. The van der Waals surface area contributed by atoms with Crippen LogP contribution in [0.2, 0.25) is 5.02 Å². The third-order valence-electron chi connectivity index (χ3n) is 3.69. The number of fused-ring (bicyclic) bond motifs is 1. The number of pyridine rings is 1. The molecule has 0 unspecified atom stereocenters. The van der Waals surface area contributed by atoms with E-state index in [9.17, 15) is 9.18 Å². The molecule has 3 rings (SSSR count). The van der Waals surface area contributed by atoms with Crippen LogP contribution in [0.15, 0.2) is 36.0 Å². The molecule has 0 radical (unpaired) electrons. The molecule has 0 saturated heterocycles. The number of benzene rings is 1. The highest BCUT2D eigenvalue weighted by Crippen LogP contribution is 2.29. The molecule has 1 aliphatic rings. The van der Waals surface area contributed by atoms with E-state index < -0.39 is 12.4 Å². The Bertz CT molecular complexity index is 786. The van der Waals surface area contributed by atoms with Gasteiger partial charge < -0.3 is 5.11 Å². The minimum atomic E-state index is -0.520. The Hall–Kier alpha value is -2.04. The summed E-state index contributed by atoms with van der Waals surface area (Å²) in [6.45, 7) is -0.520. The summed E-state index contributed by atoms with van der Waals surface area (Å²) in [7, 11) is 0. The van der Waals surface area contributed by atoms with E-state index in [1.807, 2.05) is 6.08 Å². The summed E-state index contributed by atoms with van der Waals surface area (Å²) in [4.78, 5) is 16.0. The van der Waals surface area contributed by atoms with Crippen molar-refractivity contribution < 1.29 is 14.3 Å². The SMILES string of the molecule is O=C(CO)c1ccnc2c1CC(Cc1ccc(Cl)c(F)c1)=C2. The van der Waals surface area contributed by atoms with Crippen LogP contribution in [0.1, 0.15) is 27.2 Å². The molecule has 3 nitrogen and oxygen atoms in total. The topological polar surface area (TPSA) is 50.2 Å². The molecule has 1 heterocycles. The third kappa shape index (κ3) is 2.80. The van der Waals surface area contributed by atoms with Crippen molar-refractivity contribution >= 4 is 23.5 Å². The Kier molecular flexibility index (Phi) is 4.05. The highest BCUT2D eigenvalue weighted by molar-refractivity contribution is 6.30. The van der Waals surface area contributed by atoms with Gasteiger partial charge in [0.25, 0.3) is 0 Å². The van der Waals surface area contributed by atoms with Gasteiger partial charge in [0.2, 0.25) is 0 Å². The fourth-order valence-corrected chi connectivity index (χ4v) is 2.78. The number of aromatic nitrogens is 1. The smallest absolute Gasteiger partial charge is 0.188 e. The number of ketones is 1. The lowest BCUT2D eigenvalue weighted by molar-refractivity contribution is 0.0903. The number of aliphatic hydroxyl groups excluding tert-OH is 1. The van der Waals surface area contributed by atoms with Crippen molar-refractivity contribution in [1.29, 1.82) is 0 Å². The minimum Gasteiger partial charge on any atom is -0.388 e. The first kappa shape index (κ1) is 14.9. The minimum absolute atomic E-state index is 0.102. The largest absolute Gasteiger partial charge is 0.388 e. The summed E-state index contributed by atoms with van der Waals surface area (Å²) >= 11 is 5.68. The van der Waals surface area contributed by atoms with E-state index in [0.717, 1.165) is 22.4 Å². The predicted octanol–water partition coefficient (Wildman–Crippen LogP) is 3.23. The van der Waals surface area contributed by atoms with Crippen molar-refractivity contribution in [3.63, 3.8) is 0 Å². The highest BCUT2D eigenvalue weighted by atomic mass is 35.5. The maximum atomic E-state index is 13.5. The second-order valence-corrected chi connectivity index (χ2v) is 5.62. The first-order valence-electron chi connectivity index (χ1n) is 6.84. The van der Waals surface area contributed by atoms with Crippen LogP contribution in [-0.4, -0.2) is 22.5 Å². The number of hydrogen-bond acceptors (Lipinski definition) is 3. The van der Waals surface area contributed by atoms with E-state index in [4.69, 9.17) is 16.7 Å². The van der Waals surface area contributed by atoms with E-state index in [0.29, 0.717) is 18.4 Å². The van der Waals surface area contributed by atoms with Gasteiger partial charge in [0.1, 0.15) is 12.4 Å². The lowest BCUT2D eigenvalue weighted by Crippen LogP contribution is -2.09. The Morgan fingerprint density at radius 3 is 2.91 bits per heavy atom. The monoisotopic (exact) mass is 317 g/mol. The van der Waals surface area contributed by atoms with E-state index in [-0.39, 0.29) is 10.8 Å². The van der Waals surface area contributed by atoms with Gasteiger partial charge in [0, 0.05) is 11.8 Å². The maximum absolute atomic E-state index is 13.5. The highest BCUT2D eigenvalue weighted by Gasteiger charge is 2.20. The molecule has 1 N–H and O–H groups in total. The summed E-state index contributed by atoms with van der Waals surface area (Å²) in [5.41, 5.74) is 3.93. The van der Waals surface area contributed by atoms with Gasteiger partial charge in [-0.15, -0.1) is 0 Å². The van der Waals surface area contributed by atoms with Crippen LogP contribution < -0.4 is 0 Å². The molecule has 2 aromatic rings. The number of aliphatic hydroxyl groups is 1. The summed E-state index contributed by atoms with van der Waals surface area (Å²) < 4.78 is 13.5. The normalized spacial score (nSPS) is 13.0. The van der Waals surface area contributed by atoms with E-state index in [1.165, 1.54) is 12.1 Å². The van der Waals surface area contributed by atoms with Gasteiger partial charge in [0.15, 0.2) is 5.78 Å². The molecule has 1 aromatic heterocycles. The van der Waals surface area contributed by atoms with Crippen LogP contribution in [0, 0.1) is 5.82 Å². The molecule has 1 aliphatic carbocycles.